The SMILES string of the molecule is C/C(=C\c1cc(CN(C(=N)NC(=O)OC(C)(C)C)C(=O)OC(C)(C)C)cc(CN(C(=N)NC(=O)OC(C)(C)C)C(=O)OC(C)(C)C)c1)C(N)=O. The van der Waals surface area contributed by atoms with Crippen LogP contribution in [0.2, 0.25) is 0 Å². The number of hydrogen-bond donors (Lipinski definition) is 5. The van der Waals surface area contributed by atoms with E-state index in [-0.39, 0.29) is 18.7 Å². The van der Waals surface area contributed by atoms with Gasteiger partial charge in [0.05, 0.1) is 13.1 Å². The first-order valence-electron chi connectivity index (χ1n) is 15.7. The van der Waals surface area contributed by atoms with Crippen molar-refractivity contribution in [3.8, 4) is 0 Å². The van der Waals surface area contributed by atoms with Crippen molar-refractivity contribution >= 4 is 48.3 Å². The lowest BCUT2D eigenvalue weighted by Gasteiger charge is -2.29. The number of primary amides is 1. The quantitative estimate of drug-likeness (QED) is 0.102. The number of alkyl carbamates (subject to hydrolysis) is 2. The van der Waals surface area contributed by atoms with Crippen molar-refractivity contribution in [1.29, 1.82) is 10.8 Å². The van der Waals surface area contributed by atoms with Gasteiger partial charge < -0.3 is 24.7 Å². The molecule has 0 heterocycles. The monoisotopic (exact) mass is 703 g/mol. The Balaban J connectivity index is 3.76. The number of carbonyl (C=O) groups is 5. The van der Waals surface area contributed by atoms with Gasteiger partial charge in [-0.25, -0.2) is 29.0 Å². The second-order valence-corrected chi connectivity index (χ2v) is 15.4. The molecule has 6 N–H and O–H groups in total. The van der Waals surface area contributed by atoms with E-state index in [0.717, 1.165) is 9.80 Å². The molecule has 1 aromatic rings. The lowest BCUT2D eigenvalue weighted by Crippen LogP contribution is -2.49. The Morgan fingerprint density at radius 1 is 0.640 bits per heavy atom. The van der Waals surface area contributed by atoms with E-state index in [1.54, 1.807) is 101 Å². The van der Waals surface area contributed by atoms with Gasteiger partial charge >= 0.3 is 24.4 Å². The summed E-state index contributed by atoms with van der Waals surface area (Å²) in [5, 5.41) is 21.6. The summed E-state index contributed by atoms with van der Waals surface area (Å²) in [6, 6.07) is 4.75. The minimum atomic E-state index is -0.977. The van der Waals surface area contributed by atoms with Crippen LogP contribution in [0.4, 0.5) is 19.2 Å². The standard InChI is InChI=1S/C34H53N7O9/c1-20(24(35)42)14-21-15-22(18-40(29(45)49-33(8,9)10)25(36)38-27(43)47-31(2,3)4)17-23(16-21)19-41(30(46)50-34(11,12)13)26(37)39-28(44)48-32(5,6)7/h14-17H,18-19H2,1-13H3,(H2,35,42)(H2,36,38,43)(H2,37,39,44)/b20-14+. The summed E-state index contributed by atoms with van der Waals surface area (Å²) >= 11 is 0. The lowest BCUT2D eigenvalue weighted by molar-refractivity contribution is -0.114. The number of carbonyl (C=O) groups excluding carboxylic acids is 5. The molecule has 1 aromatic carbocycles. The molecule has 0 atom stereocenters. The highest BCUT2D eigenvalue weighted by molar-refractivity contribution is 6.01. The highest BCUT2D eigenvalue weighted by Gasteiger charge is 2.30. The highest BCUT2D eigenvalue weighted by atomic mass is 16.6. The Labute approximate surface area is 294 Å². The van der Waals surface area contributed by atoms with E-state index >= 15 is 0 Å². The zero-order valence-electron chi connectivity index (χ0n) is 31.4. The number of ether oxygens (including phenoxy) is 4. The molecule has 0 fully saturated rings. The van der Waals surface area contributed by atoms with Crippen molar-refractivity contribution < 1.29 is 42.9 Å². The summed E-state index contributed by atoms with van der Waals surface area (Å²) in [6.45, 7) is 20.5. The van der Waals surface area contributed by atoms with Crippen LogP contribution >= 0.6 is 0 Å². The molecule has 5 amide bonds. The molecule has 1 rings (SSSR count). The van der Waals surface area contributed by atoms with Gasteiger partial charge in [0.25, 0.3) is 0 Å². The number of guanidine groups is 2. The topological polar surface area (TPSA) is 227 Å². The average Bonchev–Trinajstić information content (AvgIpc) is 2.85. The summed E-state index contributed by atoms with van der Waals surface area (Å²) in [5.74, 6) is -2.00. The number of nitrogens with zero attached hydrogens (tertiary/aromatic N) is 2. The number of nitrogens with two attached hydrogens (primary N) is 1. The smallest absolute Gasteiger partial charge is 0.417 e. The van der Waals surface area contributed by atoms with Gasteiger partial charge in [0.2, 0.25) is 17.8 Å². The second kappa shape index (κ2) is 16.5. The van der Waals surface area contributed by atoms with Gasteiger partial charge in [0.1, 0.15) is 22.4 Å². The fourth-order valence-electron chi connectivity index (χ4n) is 3.78. The Kier molecular flexibility index (Phi) is 14.1. The summed E-state index contributed by atoms with van der Waals surface area (Å²) in [6.07, 6.45) is -2.41. The van der Waals surface area contributed by atoms with Crippen molar-refractivity contribution in [3.63, 3.8) is 0 Å². The minimum Gasteiger partial charge on any atom is -0.444 e. The van der Waals surface area contributed by atoms with Crippen LogP contribution in [0.3, 0.4) is 0 Å². The van der Waals surface area contributed by atoms with Crippen LogP contribution in [0.1, 0.15) is 107 Å². The molecule has 50 heavy (non-hydrogen) atoms. The predicted molar refractivity (Wildman–Crippen MR) is 187 cm³/mol. The fraction of sp³-hybridized carbons (Fsp3) is 0.559. The average molecular weight is 704 g/mol. The van der Waals surface area contributed by atoms with Gasteiger partial charge in [-0.05, 0) is 125 Å². The molecule has 0 saturated heterocycles. The maximum Gasteiger partial charge on any atom is 0.417 e. The first kappa shape index (κ1) is 42.9. The van der Waals surface area contributed by atoms with Gasteiger partial charge in [-0.3, -0.25) is 26.2 Å². The maximum atomic E-state index is 13.3. The van der Waals surface area contributed by atoms with Gasteiger partial charge in [-0.1, -0.05) is 6.07 Å². The van der Waals surface area contributed by atoms with Crippen LogP contribution in [-0.4, -0.2) is 74.4 Å². The van der Waals surface area contributed by atoms with Crippen LogP contribution in [0.15, 0.2) is 23.8 Å². The first-order valence-corrected chi connectivity index (χ1v) is 15.7. The van der Waals surface area contributed by atoms with Crippen LogP contribution in [-0.2, 0) is 36.8 Å². The zero-order chi connectivity index (χ0) is 39.0. The van der Waals surface area contributed by atoms with E-state index < -0.39 is 64.6 Å². The third-order valence-electron chi connectivity index (χ3n) is 5.53. The van der Waals surface area contributed by atoms with Crippen LogP contribution in [0.25, 0.3) is 6.08 Å². The molecule has 278 valence electrons. The van der Waals surface area contributed by atoms with Crippen molar-refractivity contribution in [3.05, 3.63) is 40.5 Å². The Bertz CT molecular complexity index is 1410. The van der Waals surface area contributed by atoms with E-state index in [1.807, 2.05) is 0 Å². The van der Waals surface area contributed by atoms with E-state index in [2.05, 4.69) is 10.6 Å². The van der Waals surface area contributed by atoms with Crippen molar-refractivity contribution in [2.45, 2.75) is 126 Å². The molecule has 0 unspecified atom stereocenters. The first-order chi connectivity index (χ1) is 22.4. The van der Waals surface area contributed by atoms with Gasteiger partial charge in [0, 0.05) is 5.57 Å². The molecule has 0 aliphatic rings. The molecule has 0 spiro atoms. The molecule has 16 nitrogen and oxygen atoms in total. The summed E-state index contributed by atoms with van der Waals surface area (Å²) < 4.78 is 21.5. The summed E-state index contributed by atoms with van der Waals surface area (Å²) in [5.41, 5.74) is 3.05. The third kappa shape index (κ3) is 16.8. The Hall–Kier alpha value is -5.15. The van der Waals surface area contributed by atoms with Crippen molar-refractivity contribution in [1.82, 2.24) is 20.4 Å². The van der Waals surface area contributed by atoms with E-state index in [4.69, 9.17) is 35.5 Å². The van der Waals surface area contributed by atoms with Gasteiger partial charge in [0.15, 0.2) is 0 Å². The number of amides is 5. The minimum absolute atomic E-state index is 0.180. The molecule has 0 radical (unpaired) electrons. The number of benzene rings is 1. The third-order valence-corrected chi connectivity index (χ3v) is 5.53. The van der Waals surface area contributed by atoms with Crippen molar-refractivity contribution in [2.24, 2.45) is 5.73 Å². The van der Waals surface area contributed by atoms with Crippen LogP contribution in [0.5, 0.6) is 0 Å². The highest BCUT2D eigenvalue weighted by Crippen LogP contribution is 2.21. The lowest BCUT2D eigenvalue weighted by atomic mass is 10.0. The number of rotatable bonds is 6. The van der Waals surface area contributed by atoms with Gasteiger partial charge in [-0.15, -0.1) is 0 Å². The molecule has 16 heteroatoms. The molecule has 0 aliphatic carbocycles. The summed E-state index contributed by atoms with van der Waals surface area (Å²) in [4.78, 5) is 65.4. The van der Waals surface area contributed by atoms with Gasteiger partial charge in [-0.2, -0.15) is 0 Å². The fourth-order valence-corrected chi connectivity index (χ4v) is 3.78. The molecular formula is C34H53N7O9. The van der Waals surface area contributed by atoms with Crippen molar-refractivity contribution in [2.75, 3.05) is 0 Å². The van der Waals surface area contributed by atoms with E-state index in [9.17, 15) is 24.0 Å². The summed E-state index contributed by atoms with van der Waals surface area (Å²) in [7, 11) is 0. The van der Waals surface area contributed by atoms with Crippen LogP contribution in [0, 0.1) is 10.8 Å². The number of nitrogens with one attached hydrogen (secondary N) is 4. The Morgan fingerprint density at radius 3 is 1.24 bits per heavy atom. The molecular weight excluding hydrogens is 650 g/mol. The van der Waals surface area contributed by atoms with E-state index in [1.165, 1.54) is 13.0 Å². The Morgan fingerprint density at radius 2 is 0.960 bits per heavy atom. The second-order valence-electron chi connectivity index (χ2n) is 15.4. The van der Waals surface area contributed by atoms with Crippen LogP contribution < -0.4 is 16.4 Å². The maximum absolute atomic E-state index is 13.3. The molecule has 0 aliphatic heterocycles. The molecule has 0 aromatic heterocycles. The largest absolute Gasteiger partial charge is 0.444 e. The zero-order valence-corrected chi connectivity index (χ0v) is 31.4. The number of hydrogen-bond acceptors (Lipinski definition) is 11. The predicted octanol–water partition coefficient (Wildman–Crippen LogP) is 5.97. The van der Waals surface area contributed by atoms with E-state index in [0.29, 0.717) is 16.7 Å². The normalized spacial score (nSPS) is 12.2. The molecule has 0 bridgehead atoms. The molecule has 0 saturated carbocycles.